The van der Waals surface area contributed by atoms with Crippen molar-refractivity contribution in [3.8, 4) is 0 Å². The fraction of sp³-hybridized carbons (Fsp3) is 1.00. The molecule has 0 spiro atoms. The van der Waals surface area contributed by atoms with Crippen LogP contribution in [0.4, 0.5) is 0 Å². The Morgan fingerprint density at radius 1 is 1.12 bits per heavy atom. The van der Waals surface area contributed by atoms with Crippen LogP contribution >= 0.6 is 0 Å². The van der Waals surface area contributed by atoms with Gasteiger partial charge in [-0.2, -0.15) is 0 Å². The highest BCUT2D eigenvalue weighted by Gasteiger charge is 2.21. The third kappa shape index (κ3) is 8.05. The first kappa shape index (κ1) is 15.8. The quantitative estimate of drug-likeness (QED) is 0.526. The highest BCUT2D eigenvalue weighted by atomic mass is 16.5. The molecule has 0 saturated heterocycles. The zero-order valence-corrected chi connectivity index (χ0v) is 10.9. The molecule has 0 radical (unpaired) electrons. The van der Waals surface area contributed by atoms with Gasteiger partial charge in [0.25, 0.3) is 0 Å². The molecule has 0 aliphatic rings. The van der Waals surface area contributed by atoms with Crippen LogP contribution in [0.15, 0.2) is 0 Å². The summed E-state index contributed by atoms with van der Waals surface area (Å²) in [5, 5.41) is 12.6. The van der Waals surface area contributed by atoms with Crippen LogP contribution < -0.4 is 5.32 Å². The molecule has 0 aromatic rings. The maximum Gasteiger partial charge on any atom is 0.0700 e. The zero-order chi connectivity index (χ0) is 12.3. The molecule has 4 heteroatoms. The maximum absolute atomic E-state index is 9.31. The van der Waals surface area contributed by atoms with E-state index >= 15 is 0 Å². The van der Waals surface area contributed by atoms with Crippen molar-refractivity contribution in [1.82, 2.24) is 5.32 Å². The number of nitrogens with one attached hydrogen (secondary N) is 1. The van der Waals surface area contributed by atoms with Crippen LogP contribution in [-0.4, -0.2) is 50.2 Å². The van der Waals surface area contributed by atoms with Crippen molar-refractivity contribution in [3.63, 3.8) is 0 Å². The zero-order valence-electron chi connectivity index (χ0n) is 10.9. The summed E-state index contributed by atoms with van der Waals surface area (Å²) in [5.41, 5.74) is -0.221. The number of hydrogen-bond donors (Lipinski definition) is 2. The molecule has 0 bridgehead atoms. The number of aliphatic hydroxyl groups excluding tert-OH is 1. The summed E-state index contributed by atoms with van der Waals surface area (Å²) < 4.78 is 10.6. The van der Waals surface area contributed by atoms with E-state index in [-0.39, 0.29) is 12.1 Å². The molecule has 0 aromatic carbocycles. The van der Waals surface area contributed by atoms with Crippen molar-refractivity contribution in [2.24, 2.45) is 0 Å². The third-order valence-corrected chi connectivity index (χ3v) is 2.53. The normalized spacial score (nSPS) is 15.0. The number of ether oxygens (including phenoxy) is 2. The van der Waals surface area contributed by atoms with E-state index in [4.69, 9.17) is 9.47 Å². The molecule has 0 saturated carbocycles. The monoisotopic (exact) mass is 233 g/mol. The van der Waals surface area contributed by atoms with Crippen molar-refractivity contribution in [1.29, 1.82) is 0 Å². The Kier molecular flexibility index (Phi) is 9.92. The number of rotatable bonds is 11. The van der Waals surface area contributed by atoms with E-state index < -0.39 is 0 Å². The van der Waals surface area contributed by atoms with Gasteiger partial charge >= 0.3 is 0 Å². The van der Waals surface area contributed by atoms with Gasteiger partial charge in [0.05, 0.1) is 19.8 Å². The first-order chi connectivity index (χ1) is 7.68. The molecule has 0 aliphatic carbocycles. The van der Waals surface area contributed by atoms with Gasteiger partial charge in [0.2, 0.25) is 0 Å². The lowest BCUT2D eigenvalue weighted by molar-refractivity contribution is 0.0380. The van der Waals surface area contributed by atoms with Gasteiger partial charge in [-0.25, -0.2) is 0 Å². The van der Waals surface area contributed by atoms with Gasteiger partial charge in [-0.05, 0) is 33.2 Å². The van der Waals surface area contributed by atoms with E-state index in [1.165, 1.54) is 0 Å². The van der Waals surface area contributed by atoms with Crippen molar-refractivity contribution in [2.45, 2.75) is 39.2 Å². The van der Waals surface area contributed by atoms with Gasteiger partial charge < -0.3 is 19.9 Å². The van der Waals surface area contributed by atoms with Gasteiger partial charge in [-0.3, -0.25) is 0 Å². The molecule has 4 nitrogen and oxygen atoms in total. The van der Waals surface area contributed by atoms with Crippen molar-refractivity contribution < 1.29 is 14.6 Å². The average Bonchev–Trinajstić information content (AvgIpc) is 2.31. The van der Waals surface area contributed by atoms with Crippen molar-refractivity contribution in [2.75, 3.05) is 39.6 Å². The van der Waals surface area contributed by atoms with Crippen LogP contribution in [0, 0.1) is 0 Å². The van der Waals surface area contributed by atoms with Crippen LogP contribution in [0.2, 0.25) is 0 Å². The largest absolute Gasteiger partial charge is 0.394 e. The molecule has 0 heterocycles. The summed E-state index contributed by atoms with van der Waals surface area (Å²) in [6.45, 7) is 9.84. The second-order valence-electron chi connectivity index (χ2n) is 4.20. The topological polar surface area (TPSA) is 50.7 Å². The molecular weight excluding hydrogens is 206 g/mol. The summed E-state index contributed by atoms with van der Waals surface area (Å²) in [6.07, 6.45) is 1.89. The van der Waals surface area contributed by atoms with E-state index in [1.54, 1.807) is 0 Å². The predicted molar refractivity (Wildman–Crippen MR) is 65.7 cm³/mol. The lowest BCUT2D eigenvalue weighted by Crippen LogP contribution is -2.46. The van der Waals surface area contributed by atoms with Crippen LogP contribution in [-0.2, 0) is 9.47 Å². The molecular formula is C12H27NO3. The minimum absolute atomic E-state index is 0.141. The van der Waals surface area contributed by atoms with Crippen LogP contribution in [0.5, 0.6) is 0 Å². The first-order valence-electron chi connectivity index (χ1n) is 6.20. The van der Waals surface area contributed by atoms with Gasteiger partial charge in [0.15, 0.2) is 0 Å². The molecule has 0 fully saturated rings. The van der Waals surface area contributed by atoms with E-state index in [0.29, 0.717) is 19.8 Å². The minimum atomic E-state index is -0.221. The van der Waals surface area contributed by atoms with E-state index in [2.05, 4.69) is 12.2 Å². The second-order valence-corrected chi connectivity index (χ2v) is 4.20. The van der Waals surface area contributed by atoms with Crippen LogP contribution in [0.25, 0.3) is 0 Å². The number of aliphatic hydroxyl groups is 1. The smallest absolute Gasteiger partial charge is 0.0700 e. The average molecular weight is 233 g/mol. The molecule has 0 amide bonds. The van der Waals surface area contributed by atoms with Crippen LogP contribution in [0.3, 0.4) is 0 Å². The fourth-order valence-electron chi connectivity index (χ4n) is 1.31. The molecule has 0 aliphatic heterocycles. The molecule has 98 valence electrons. The number of hydrogen-bond acceptors (Lipinski definition) is 4. The molecule has 0 aromatic heterocycles. The fourth-order valence-corrected chi connectivity index (χ4v) is 1.31. The highest BCUT2D eigenvalue weighted by Crippen LogP contribution is 2.08. The summed E-state index contributed by atoms with van der Waals surface area (Å²) in [6, 6.07) is 0. The Hall–Kier alpha value is -0.160. The maximum atomic E-state index is 9.31. The van der Waals surface area contributed by atoms with E-state index in [9.17, 15) is 5.11 Å². The van der Waals surface area contributed by atoms with Gasteiger partial charge in [0.1, 0.15) is 0 Å². The Balaban J connectivity index is 3.53. The molecule has 16 heavy (non-hydrogen) atoms. The van der Waals surface area contributed by atoms with E-state index in [1.807, 2.05) is 13.8 Å². The molecule has 1 atom stereocenters. The van der Waals surface area contributed by atoms with Crippen LogP contribution in [0.1, 0.15) is 33.6 Å². The molecule has 2 N–H and O–H groups in total. The molecule has 1 unspecified atom stereocenters. The SMILES string of the molecule is CCCNC(C)(CO)CCOCCOCC. The van der Waals surface area contributed by atoms with Crippen molar-refractivity contribution in [3.05, 3.63) is 0 Å². The van der Waals surface area contributed by atoms with Gasteiger partial charge in [0, 0.05) is 18.8 Å². The summed E-state index contributed by atoms with van der Waals surface area (Å²) in [4.78, 5) is 0. The second kappa shape index (κ2) is 10.0. The summed E-state index contributed by atoms with van der Waals surface area (Å²) in [5.74, 6) is 0. The Morgan fingerprint density at radius 3 is 2.38 bits per heavy atom. The lowest BCUT2D eigenvalue weighted by Gasteiger charge is -2.28. The standard InChI is InChI=1S/C12H27NO3/c1-4-7-13-12(3,11-14)6-8-16-10-9-15-5-2/h13-14H,4-11H2,1-3H3. The Bertz CT molecular complexity index is 155. The summed E-state index contributed by atoms with van der Waals surface area (Å²) in [7, 11) is 0. The van der Waals surface area contributed by atoms with Gasteiger partial charge in [-0.1, -0.05) is 6.92 Å². The predicted octanol–water partition coefficient (Wildman–Crippen LogP) is 1.18. The highest BCUT2D eigenvalue weighted by molar-refractivity contribution is 4.81. The summed E-state index contributed by atoms with van der Waals surface area (Å²) >= 11 is 0. The van der Waals surface area contributed by atoms with Crippen molar-refractivity contribution >= 4 is 0 Å². The third-order valence-electron chi connectivity index (χ3n) is 2.53. The minimum Gasteiger partial charge on any atom is -0.394 e. The Labute approximate surface area is 99.3 Å². The van der Waals surface area contributed by atoms with Gasteiger partial charge in [-0.15, -0.1) is 0 Å². The Morgan fingerprint density at radius 2 is 1.81 bits per heavy atom. The van der Waals surface area contributed by atoms with E-state index in [0.717, 1.165) is 26.0 Å². The molecule has 0 rings (SSSR count). The first-order valence-corrected chi connectivity index (χ1v) is 6.20. The lowest BCUT2D eigenvalue weighted by atomic mass is 9.99.